The molecule has 5 nitrogen and oxygen atoms in total. The molecule has 1 atom stereocenters. The fourth-order valence-corrected chi connectivity index (χ4v) is 6.18. The lowest BCUT2D eigenvalue weighted by Crippen LogP contribution is -2.49. The zero-order valence-corrected chi connectivity index (χ0v) is 15.0. The Morgan fingerprint density at radius 3 is 2.50 bits per heavy atom. The molecule has 0 bridgehead atoms. The number of rotatable bonds is 3. The molecule has 0 unspecified atom stereocenters. The number of aromatic nitrogens is 1. The van der Waals surface area contributed by atoms with Crippen molar-refractivity contribution in [2.45, 2.75) is 45.4 Å². The van der Waals surface area contributed by atoms with E-state index in [1.54, 1.807) is 19.9 Å². The van der Waals surface area contributed by atoms with Crippen molar-refractivity contribution in [2.24, 2.45) is 5.92 Å². The number of aryl methyl sites for hydroxylation is 1. The van der Waals surface area contributed by atoms with E-state index in [1.165, 1.54) is 5.01 Å². The van der Waals surface area contributed by atoms with Crippen LogP contribution in [-0.2, 0) is 10.2 Å². The molecule has 2 aliphatic rings. The normalized spacial score (nSPS) is 26.4. The minimum absolute atomic E-state index is 0.422. The van der Waals surface area contributed by atoms with Crippen LogP contribution in [0.15, 0.2) is 5.38 Å². The van der Waals surface area contributed by atoms with E-state index in [1.807, 2.05) is 6.92 Å². The minimum atomic E-state index is -3.27. The molecule has 2 aliphatic heterocycles. The third-order valence-corrected chi connectivity index (χ3v) is 7.84. The molecule has 22 heavy (non-hydrogen) atoms. The molecule has 0 saturated carbocycles. The summed E-state index contributed by atoms with van der Waals surface area (Å²) in [5.41, 5.74) is 1.07. The number of nitrogens with zero attached hydrogens (tertiary/aromatic N) is 3. The van der Waals surface area contributed by atoms with Gasteiger partial charge in [0.1, 0.15) is 0 Å². The van der Waals surface area contributed by atoms with Crippen LogP contribution in [0, 0.1) is 12.8 Å². The standard InChI is InChI=1S/C15H25N3O2S2/c1-12-4-3-7-18(10-12)22(19,20)17-8-5-14(6-9-17)15-16-13(2)11-21-15/h11-12,14H,3-10H2,1-2H3/t12-/m0/s1. The minimum Gasteiger partial charge on any atom is -0.246 e. The van der Waals surface area contributed by atoms with Crippen molar-refractivity contribution in [1.29, 1.82) is 0 Å². The molecule has 0 amide bonds. The number of hydrogen-bond acceptors (Lipinski definition) is 4. The monoisotopic (exact) mass is 343 g/mol. The predicted molar refractivity (Wildman–Crippen MR) is 89.3 cm³/mol. The van der Waals surface area contributed by atoms with E-state index in [0.29, 0.717) is 38.0 Å². The molecule has 0 spiro atoms. The Bertz CT molecular complexity index is 606. The first-order valence-corrected chi connectivity index (χ1v) is 10.4. The van der Waals surface area contributed by atoms with Crippen molar-refractivity contribution in [3.8, 4) is 0 Å². The van der Waals surface area contributed by atoms with Crippen LogP contribution in [0.4, 0.5) is 0 Å². The largest absolute Gasteiger partial charge is 0.281 e. The summed E-state index contributed by atoms with van der Waals surface area (Å²) in [6, 6.07) is 0. The Morgan fingerprint density at radius 2 is 1.91 bits per heavy atom. The van der Waals surface area contributed by atoms with Crippen LogP contribution in [0.3, 0.4) is 0 Å². The third kappa shape index (κ3) is 3.37. The van der Waals surface area contributed by atoms with E-state index >= 15 is 0 Å². The third-order valence-electron chi connectivity index (χ3n) is 4.71. The van der Waals surface area contributed by atoms with Crippen molar-refractivity contribution in [3.63, 3.8) is 0 Å². The van der Waals surface area contributed by atoms with Crippen LogP contribution in [0.1, 0.15) is 49.2 Å². The zero-order valence-electron chi connectivity index (χ0n) is 13.4. The van der Waals surface area contributed by atoms with Crippen LogP contribution in [0.5, 0.6) is 0 Å². The lowest BCUT2D eigenvalue weighted by atomic mass is 9.99. The number of piperidine rings is 2. The summed E-state index contributed by atoms with van der Waals surface area (Å²) in [6.07, 6.45) is 3.89. The molecule has 124 valence electrons. The smallest absolute Gasteiger partial charge is 0.246 e. The van der Waals surface area contributed by atoms with Gasteiger partial charge in [-0.1, -0.05) is 6.92 Å². The van der Waals surface area contributed by atoms with E-state index in [4.69, 9.17) is 0 Å². The highest BCUT2D eigenvalue weighted by Gasteiger charge is 2.35. The van der Waals surface area contributed by atoms with Crippen LogP contribution >= 0.6 is 11.3 Å². The summed E-state index contributed by atoms with van der Waals surface area (Å²) < 4.78 is 28.9. The van der Waals surface area contributed by atoms with Gasteiger partial charge in [0.15, 0.2) is 0 Å². The second-order valence-electron chi connectivity index (χ2n) is 6.61. The summed E-state index contributed by atoms with van der Waals surface area (Å²) >= 11 is 1.70. The van der Waals surface area contributed by atoms with E-state index in [2.05, 4.69) is 17.3 Å². The van der Waals surface area contributed by atoms with Crippen molar-refractivity contribution < 1.29 is 8.42 Å². The molecule has 2 fully saturated rings. The molecule has 7 heteroatoms. The molecule has 0 radical (unpaired) electrons. The van der Waals surface area contributed by atoms with Crippen molar-refractivity contribution in [3.05, 3.63) is 16.1 Å². The van der Waals surface area contributed by atoms with Gasteiger partial charge in [-0.15, -0.1) is 11.3 Å². The molecule has 2 saturated heterocycles. The second kappa shape index (κ2) is 6.55. The highest BCUT2D eigenvalue weighted by molar-refractivity contribution is 7.86. The topological polar surface area (TPSA) is 53.5 Å². The number of hydrogen-bond donors (Lipinski definition) is 0. The maximum atomic E-state index is 12.8. The van der Waals surface area contributed by atoms with Gasteiger partial charge < -0.3 is 0 Å². The van der Waals surface area contributed by atoms with Crippen LogP contribution in [0.2, 0.25) is 0 Å². The maximum absolute atomic E-state index is 12.8. The molecule has 1 aromatic rings. The van der Waals surface area contributed by atoms with Crippen molar-refractivity contribution in [2.75, 3.05) is 26.2 Å². The second-order valence-corrected chi connectivity index (χ2v) is 9.43. The molecular formula is C15H25N3O2S2. The van der Waals surface area contributed by atoms with Gasteiger partial charge in [-0.3, -0.25) is 0 Å². The Morgan fingerprint density at radius 1 is 1.18 bits per heavy atom. The van der Waals surface area contributed by atoms with Crippen LogP contribution in [0.25, 0.3) is 0 Å². The molecule has 3 rings (SSSR count). The first-order chi connectivity index (χ1) is 10.5. The highest BCUT2D eigenvalue weighted by Crippen LogP contribution is 2.32. The maximum Gasteiger partial charge on any atom is 0.281 e. The summed E-state index contributed by atoms with van der Waals surface area (Å²) in [4.78, 5) is 4.56. The fraction of sp³-hybridized carbons (Fsp3) is 0.800. The first-order valence-electron chi connectivity index (χ1n) is 8.14. The lowest BCUT2D eigenvalue weighted by Gasteiger charge is -2.37. The molecule has 0 aromatic carbocycles. The average molecular weight is 344 g/mol. The van der Waals surface area contributed by atoms with Crippen molar-refractivity contribution in [1.82, 2.24) is 13.6 Å². The van der Waals surface area contributed by atoms with Gasteiger partial charge in [-0.05, 0) is 38.5 Å². The van der Waals surface area contributed by atoms with Gasteiger partial charge in [0.25, 0.3) is 10.2 Å². The van der Waals surface area contributed by atoms with Gasteiger partial charge in [0, 0.05) is 43.2 Å². The highest BCUT2D eigenvalue weighted by atomic mass is 32.2. The molecule has 0 aliphatic carbocycles. The van der Waals surface area contributed by atoms with Gasteiger partial charge in [0.2, 0.25) is 0 Å². The Labute approximate surface area is 137 Å². The van der Waals surface area contributed by atoms with Crippen LogP contribution < -0.4 is 0 Å². The summed E-state index contributed by atoms with van der Waals surface area (Å²) in [7, 11) is -3.27. The van der Waals surface area contributed by atoms with Gasteiger partial charge in [-0.2, -0.15) is 17.0 Å². The lowest BCUT2D eigenvalue weighted by molar-refractivity contribution is 0.242. The Balaban J connectivity index is 1.62. The first kappa shape index (κ1) is 16.4. The summed E-state index contributed by atoms with van der Waals surface area (Å²) in [5.74, 6) is 0.893. The van der Waals surface area contributed by atoms with Crippen LogP contribution in [-0.4, -0.2) is 48.2 Å². The quantitative estimate of drug-likeness (QED) is 0.848. The van der Waals surface area contributed by atoms with Gasteiger partial charge in [-0.25, -0.2) is 4.98 Å². The van der Waals surface area contributed by atoms with Crippen molar-refractivity contribution >= 4 is 21.5 Å². The van der Waals surface area contributed by atoms with E-state index < -0.39 is 10.2 Å². The fourth-order valence-electron chi connectivity index (χ4n) is 3.41. The molecular weight excluding hydrogens is 318 g/mol. The summed E-state index contributed by atoms with van der Waals surface area (Å²) in [6.45, 7) is 6.75. The van der Waals surface area contributed by atoms with E-state index in [0.717, 1.165) is 31.4 Å². The molecule has 1 aromatic heterocycles. The van der Waals surface area contributed by atoms with Gasteiger partial charge in [0.05, 0.1) is 5.01 Å². The average Bonchev–Trinajstić information content (AvgIpc) is 2.94. The Kier molecular flexibility index (Phi) is 4.87. The predicted octanol–water partition coefficient (Wildman–Crippen LogP) is 2.61. The van der Waals surface area contributed by atoms with Gasteiger partial charge >= 0.3 is 0 Å². The SMILES string of the molecule is Cc1csc(C2CCN(S(=O)(=O)N3CCC[C@H](C)C3)CC2)n1. The summed E-state index contributed by atoms with van der Waals surface area (Å²) in [5, 5.41) is 3.24. The van der Waals surface area contributed by atoms with E-state index in [-0.39, 0.29) is 0 Å². The molecule has 0 N–H and O–H groups in total. The number of thiazole rings is 1. The Hall–Kier alpha value is -0.500. The molecule has 3 heterocycles. The zero-order chi connectivity index (χ0) is 15.7. The van der Waals surface area contributed by atoms with E-state index in [9.17, 15) is 8.42 Å².